The minimum absolute atomic E-state index is 0.0663. The summed E-state index contributed by atoms with van der Waals surface area (Å²) < 4.78 is 12.8. The summed E-state index contributed by atoms with van der Waals surface area (Å²) in [6.07, 6.45) is 1.38. The third-order valence-corrected chi connectivity index (χ3v) is 3.74. The molecule has 4 nitrogen and oxygen atoms in total. The Balaban J connectivity index is 1.83. The van der Waals surface area contributed by atoms with Crippen molar-refractivity contribution in [3.8, 4) is 0 Å². The predicted octanol–water partition coefficient (Wildman–Crippen LogP) is 1.29. The quantitative estimate of drug-likeness (QED) is 0.874. The van der Waals surface area contributed by atoms with Crippen LogP contribution in [0.3, 0.4) is 0 Å². The van der Waals surface area contributed by atoms with E-state index < -0.39 is 0 Å². The van der Waals surface area contributed by atoms with E-state index in [1.165, 1.54) is 12.1 Å². The molecule has 110 valence electrons. The first-order chi connectivity index (χ1) is 9.56. The van der Waals surface area contributed by atoms with Gasteiger partial charge in [0, 0.05) is 13.1 Å². The number of carbonyl (C=O) groups excluding carboxylic acids is 1. The molecule has 1 aromatic rings. The summed E-state index contributed by atoms with van der Waals surface area (Å²) in [5, 5.41) is 12.5. The molecule has 2 atom stereocenters. The fraction of sp³-hybridized carbons (Fsp3) is 0.533. The maximum absolute atomic E-state index is 12.8. The molecule has 0 radical (unpaired) electrons. The largest absolute Gasteiger partial charge is 0.392 e. The number of hydrogen-bond acceptors (Lipinski definition) is 3. The minimum atomic E-state index is -0.337. The van der Waals surface area contributed by atoms with Gasteiger partial charge in [-0.3, -0.25) is 9.69 Å². The van der Waals surface area contributed by atoms with Crippen LogP contribution in [0.5, 0.6) is 0 Å². The van der Waals surface area contributed by atoms with E-state index in [4.69, 9.17) is 0 Å². The van der Waals surface area contributed by atoms with Crippen LogP contribution >= 0.6 is 0 Å². The maximum Gasteiger partial charge on any atom is 0.237 e. The summed E-state index contributed by atoms with van der Waals surface area (Å²) in [4.78, 5) is 14.1. The number of aliphatic hydroxyl groups is 1. The highest BCUT2D eigenvalue weighted by Crippen LogP contribution is 2.13. The Kier molecular flexibility index (Phi) is 5.09. The second-order valence-corrected chi connectivity index (χ2v) is 5.31. The first-order valence-electron chi connectivity index (χ1n) is 7.00. The number of amides is 1. The Hall–Kier alpha value is -1.46. The van der Waals surface area contributed by atoms with Gasteiger partial charge in [0.2, 0.25) is 5.91 Å². The summed E-state index contributed by atoms with van der Waals surface area (Å²) >= 11 is 0. The van der Waals surface area contributed by atoms with Crippen molar-refractivity contribution in [2.75, 3.05) is 13.1 Å². The average Bonchev–Trinajstić information content (AvgIpc) is 2.45. The summed E-state index contributed by atoms with van der Waals surface area (Å²) in [5.41, 5.74) is 0.866. The minimum Gasteiger partial charge on any atom is -0.392 e. The molecule has 2 rings (SSSR count). The van der Waals surface area contributed by atoms with Gasteiger partial charge in [-0.15, -0.1) is 0 Å². The lowest BCUT2D eigenvalue weighted by Crippen LogP contribution is -2.50. The van der Waals surface area contributed by atoms with Crippen LogP contribution in [0.25, 0.3) is 0 Å². The van der Waals surface area contributed by atoms with Gasteiger partial charge in [-0.2, -0.15) is 0 Å². The van der Waals surface area contributed by atoms with Crippen LogP contribution in [0.1, 0.15) is 25.3 Å². The van der Waals surface area contributed by atoms with E-state index in [1.807, 2.05) is 11.8 Å². The smallest absolute Gasteiger partial charge is 0.237 e. The molecular weight excluding hydrogens is 259 g/mol. The van der Waals surface area contributed by atoms with E-state index in [0.29, 0.717) is 13.1 Å². The molecule has 20 heavy (non-hydrogen) atoms. The number of β-amino-alcohol motifs (C(OH)–C–C–N with tert-alkyl or cyclic N) is 1. The SMILES string of the molecule is CC(C(=O)NCc1ccc(F)cc1)N1CCCC(O)C1. The molecule has 0 saturated carbocycles. The van der Waals surface area contributed by atoms with Crippen molar-refractivity contribution >= 4 is 5.91 Å². The molecule has 2 N–H and O–H groups in total. The van der Waals surface area contributed by atoms with Crippen LogP contribution < -0.4 is 5.32 Å². The van der Waals surface area contributed by atoms with Crippen molar-refractivity contribution in [3.05, 3.63) is 35.6 Å². The second-order valence-electron chi connectivity index (χ2n) is 5.31. The Bertz CT molecular complexity index is 450. The lowest BCUT2D eigenvalue weighted by atomic mass is 10.1. The van der Waals surface area contributed by atoms with Gasteiger partial charge in [0.25, 0.3) is 0 Å². The zero-order valence-electron chi connectivity index (χ0n) is 11.7. The third-order valence-electron chi connectivity index (χ3n) is 3.74. The lowest BCUT2D eigenvalue weighted by Gasteiger charge is -2.33. The molecule has 0 spiro atoms. The number of aliphatic hydroxyl groups excluding tert-OH is 1. The molecule has 5 heteroatoms. The number of rotatable bonds is 4. The van der Waals surface area contributed by atoms with Crippen LogP contribution in [0, 0.1) is 5.82 Å². The van der Waals surface area contributed by atoms with Gasteiger partial charge in [-0.05, 0) is 44.0 Å². The number of benzene rings is 1. The second kappa shape index (κ2) is 6.81. The maximum atomic E-state index is 12.8. The molecule has 2 unspecified atom stereocenters. The first kappa shape index (κ1) is 14.9. The summed E-state index contributed by atoms with van der Waals surface area (Å²) in [7, 11) is 0. The molecule has 1 heterocycles. The van der Waals surface area contributed by atoms with Gasteiger partial charge < -0.3 is 10.4 Å². The highest BCUT2D eigenvalue weighted by molar-refractivity contribution is 5.81. The van der Waals surface area contributed by atoms with Crippen LogP contribution in [0.15, 0.2) is 24.3 Å². The van der Waals surface area contributed by atoms with Crippen LogP contribution in [0.4, 0.5) is 4.39 Å². The van der Waals surface area contributed by atoms with E-state index in [1.54, 1.807) is 12.1 Å². The summed E-state index contributed by atoms with van der Waals surface area (Å²) in [5.74, 6) is -0.348. The van der Waals surface area contributed by atoms with Crippen molar-refractivity contribution in [2.24, 2.45) is 0 Å². The highest BCUT2D eigenvalue weighted by atomic mass is 19.1. The molecular formula is C15H21FN2O2. The molecule has 0 aliphatic carbocycles. The topological polar surface area (TPSA) is 52.6 Å². The number of halogens is 1. The van der Waals surface area contributed by atoms with Crippen LogP contribution in [-0.2, 0) is 11.3 Å². The van der Waals surface area contributed by atoms with Crippen molar-refractivity contribution in [2.45, 2.75) is 38.5 Å². The van der Waals surface area contributed by atoms with Gasteiger partial charge in [0.05, 0.1) is 12.1 Å². The fourth-order valence-electron chi connectivity index (χ4n) is 2.44. The lowest BCUT2D eigenvalue weighted by molar-refractivity contribution is -0.127. The van der Waals surface area contributed by atoms with Crippen molar-refractivity contribution in [1.29, 1.82) is 0 Å². The number of carbonyl (C=O) groups is 1. The van der Waals surface area contributed by atoms with Crippen molar-refractivity contribution < 1.29 is 14.3 Å². The number of nitrogens with zero attached hydrogens (tertiary/aromatic N) is 1. The fourth-order valence-corrected chi connectivity index (χ4v) is 2.44. The van der Waals surface area contributed by atoms with Gasteiger partial charge in [0.15, 0.2) is 0 Å². The van der Waals surface area contributed by atoms with Crippen molar-refractivity contribution in [1.82, 2.24) is 10.2 Å². The number of piperidine rings is 1. The van der Waals surface area contributed by atoms with Gasteiger partial charge in [0.1, 0.15) is 5.82 Å². The third kappa shape index (κ3) is 4.02. The Labute approximate surface area is 118 Å². The van der Waals surface area contributed by atoms with Crippen LogP contribution in [-0.4, -0.2) is 41.1 Å². The first-order valence-corrected chi connectivity index (χ1v) is 7.00. The highest BCUT2D eigenvalue weighted by Gasteiger charge is 2.26. The number of hydrogen-bond donors (Lipinski definition) is 2. The molecule has 1 aliphatic rings. The molecule has 1 aliphatic heterocycles. The van der Waals surface area contributed by atoms with E-state index in [9.17, 15) is 14.3 Å². The Morgan fingerprint density at radius 1 is 1.50 bits per heavy atom. The zero-order valence-corrected chi connectivity index (χ0v) is 11.7. The van der Waals surface area contributed by atoms with E-state index in [0.717, 1.165) is 24.9 Å². The van der Waals surface area contributed by atoms with Gasteiger partial charge in [-0.1, -0.05) is 12.1 Å². The monoisotopic (exact) mass is 280 g/mol. The zero-order chi connectivity index (χ0) is 14.5. The van der Waals surface area contributed by atoms with Crippen LogP contribution in [0.2, 0.25) is 0 Å². The molecule has 0 bridgehead atoms. The average molecular weight is 280 g/mol. The van der Waals surface area contributed by atoms with Gasteiger partial charge in [-0.25, -0.2) is 4.39 Å². The molecule has 1 fully saturated rings. The molecule has 1 saturated heterocycles. The standard InChI is InChI=1S/C15H21FN2O2/c1-11(18-8-2-3-14(19)10-18)15(20)17-9-12-4-6-13(16)7-5-12/h4-7,11,14,19H,2-3,8-10H2,1H3,(H,17,20). The molecule has 1 amide bonds. The van der Waals surface area contributed by atoms with E-state index in [-0.39, 0.29) is 23.9 Å². The Morgan fingerprint density at radius 3 is 2.85 bits per heavy atom. The normalized spacial score (nSPS) is 21.4. The predicted molar refractivity (Wildman–Crippen MR) is 74.5 cm³/mol. The van der Waals surface area contributed by atoms with Crippen molar-refractivity contribution in [3.63, 3.8) is 0 Å². The van der Waals surface area contributed by atoms with E-state index >= 15 is 0 Å². The summed E-state index contributed by atoms with van der Waals surface area (Å²) in [6.45, 7) is 3.62. The number of nitrogens with one attached hydrogen (secondary N) is 1. The summed E-state index contributed by atoms with van der Waals surface area (Å²) in [6, 6.07) is 5.82. The van der Waals surface area contributed by atoms with Gasteiger partial charge >= 0.3 is 0 Å². The molecule has 0 aromatic heterocycles. The Morgan fingerprint density at radius 2 is 2.20 bits per heavy atom. The number of likely N-dealkylation sites (tertiary alicyclic amines) is 1. The van der Waals surface area contributed by atoms with E-state index in [2.05, 4.69) is 5.32 Å². The molecule has 1 aromatic carbocycles.